The number of aliphatic imine (C=N–C) groups is 1. The van der Waals surface area contributed by atoms with Gasteiger partial charge >= 0.3 is 0 Å². The molecule has 1 aromatic rings. The van der Waals surface area contributed by atoms with E-state index in [2.05, 4.69) is 44.8 Å². The molecule has 0 bridgehead atoms. The molecule has 164 valence electrons. The van der Waals surface area contributed by atoms with E-state index < -0.39 is 0 Å². The van der Waals surface area contributed by atoms with Gasteiger partial charge in [-0.3, -0.25) is 9.89 Å². The number of halogens is 1. The first-order chi connectivity index (χ1) is 13.8. The van der Waals surface area contributed by atoms with Crippen molar-refractivity contribution in [2.24, 2.45) is 4.99 Å². The molecule has 0 amide bonds. The molecule has 2 heterocycles. The fourth-order valence-corrected chi connectivity index (χ4v) is 3.85. The zero-order valence-electron chi connectivity index (χ0n) is 17.7. The van der Waals surface area contributed by atoms with Crippen LogP contribution >= 0.6 is 24.0 Å². The maximum Gasteiger partial charge on any atom is 0.190 e. The number of benzene rings is 1. The van der Waals surface area contributed by atoms with Crippen molar-refractivity contribution in [1.82, 2.24) is 15.5 Å². The Morgan fingerprint density at radius 2 is 2.00 bits per heavy atom. The van der Waals surface area contributed by atoms with Crippen molar-refractivity contribution in [1.29, 1.82) is 0 Å². The minimum atomic E-state index is 0. The molecular weight excluding hydrogens is 479 g/mol. The summed E-state index contributed by atoms with van der Waals surface area (Å²) in [6, 6.07) is 8.81. The average molecular weight is 516 g/mol. The van der Waals surface area contributed by atoms with E-state index >= 15 is 0 Å². The fraction of sp³-hybridized carbons (Fsp3) is 0.682. The monoisotopic (exact) mass is 516 g/mol. The first-order valence-electron chi connectivity index (χ1n) is 10.8. The highest BCUT2D eigenvalue weighted by Crippen LogP contribution is 2.18. The molecule has 6 nitrogen and oxygen atoms in total. The Morgan fingerprint density at radius 3 is 2.76 bits per heavy atom. The maximum absolute atomic E-state index is 5.69. The number of hydrogen-bond donors (Lipinski definition) is 2. The van der Waals surface area contributed by atoms with Crippen LogP contribution in [0, 0.1) is 0 Å². The Hall–Kier alpha value is -0.900. The van der Waals surface area contributed by atoms with Gasteiger partial charge in [-0.1, -0.05) is 24.3 Å². The summed E-state index contributed by atoms with van der Waals surface area (Å²) in [6.07, 6.45) is 5.88. The van der Waals surface area contributed by atoms with Crippen LogP contribution in [0.4, 0.5) is 0 Å². The van der Waals surface area contributed by atoms with E-state index in [1.54, 1.807) is 0 Å². The number of guanidine groups is 1. The summed E-state index contributed by atoms with van der Waals surface area (Å²) >= 11 is 0. The van der Waals surface area contributed by atoms with Gasteiger partial charge in [0, 0.05) is 53.0 Å². The van der Waals surface area contributed by atoms with Crippen LogP contribution in [0.5, 0.6) is 0 Å². The minimum absolute atomic E-state index is 0. The molecule has 3 rings (SSSR count). The molecule has 1 atom stereocenters. The zero-order valence-corrected chi connectivity index (χ0v) is 20.0. The van der Waals surface area contributed by atoms with Crippen molar-refractivity contribution >= 4 is 29.9 Å². The third-order valence-electron chi connectivity index (χ3n) is 5.46. The molecule has 1 unspecified atom stereocenters. The zero-order chi connectivity index (χ0) is 19.4. The molecular formula is C22H37IN4O2. The van der Waals surface area contributed by atoms with Crippen molar-refractivity contribution in [2.45, 2.75) is 44.8 Å². The third kappa shape index (κ3) is 8.78. The van der Waals surface area contributed by atoms with Crippen LogP contribution < -0.4 is 10.6 Å². The molecule has 2 aliphatic rings. The van der Waals surface area contributed by atoms with Gasteiger partial charge in [-0.15, -0.1) is 24.0 Å². The summed E-state index contributed by atoms with van der Waals surface area (Å²) in [5.74, 6) is 0.878. The summed E-state index contributed by atoms with van der Waals surface area (Å²) in [5, 5.41) is 6.78. The van der Waals surface area contributed by atoms with E-state index in [1.165, 1.54) is 24.0 Å². The molecule has 1 saturated heterocycles. The van der Waals surface area contributed by atoms with Crippen LogP contribution in [-0.4, -0.2) is 70.0 Å². The highest BCUT2D eigenvalue weighted by Gasteiger charge is 2.15. The Bertz CT molecular complexity index is 608. The van der Waals surface area contributed by atoms with Gasteiger partial charge < -0.3 is 20.1 Å². The number of rotatable bonds is 10. The second-order valence-corrected chi connectivity index (χ2v) is 7.64. The van der Waals surface area contributed by atoms with Gasteiger partial charge in [-0.05, 0) is 43.2 Å². The second-order valence-electron chi connectivity index (χ2n) is 7.64. The van der Waals surface area contributed by atoms with Gasteiger partial charge in [0.15, 0.2) is 5.96 Å². The molecule has 0 saturated carbocycles. The Kier molecular flexibility index (Phi) is 11.9. The lowest BCUT2D eigenvalue weighted by molar-refractivity contribution is 0.0168. The number of nitrogens with zero attached hydrogens (tertiary/aromatic N) is 2. The number of hydrogen-bond acceptors (Lipinski definition) is 4. The second kappa shape index (κ2) is 14.2. The third-order valence-corrected chi connectivity index (χ3v) is 5.46. The van der Waals surface area contributed by atoms with Gasteiger partial charge in [0.25, 0.3) is 0 Å². The predicted molar refractivity (Wildman–Crippen MR) is 129 cm³/mol. The van der Waals surface area contributed by atoms with Gasteiger partial charge in [-0.2, -0.15) is 0 Å². The number of fused-ring (bicyclic) bond motifs is 1. The smallest absolute Gasteiger partial charge is 0.190 e. The summed E-state index contributed by atoms with van der Waals surface area (Å²) in [7, 11) is 1.82. The van der Waals surface area contributed by atoms with Crippen LogP contribution in [-0.2, 0) is 22.4 Å². The van der Waals surface area contributed by atoms with Gasteiger partial charge in [0.1, 0.15) is 0 Å². The number of nitrogens with one attached hydrogen (secondary N) is 2. The lowest BCUT2D eigenvalue weighted by Gasteiger charge is -2.28. The van der Waals surface area contributed by atoms with Crippen LogP contribution in [0.25, 0.3) is 0 Å². The van der Waals surface area contributed by atoms with E-state index in [4.69, 9.17) is 9.47 Å². The Morgan fingerprint density at radius 1 is 1.21 bits per heavy atom. The van der Waals surface area contributed by atoms with E-state index in [1.807, 2.05) is 7.05 Å². The molecule has 7 heteroatoms. The lowest BCUT2D eigenvalue weighted by Crippen LogP contribution is -2.40. The molecule has 1 fully saturated rings. The molecule has 0 radical (unpaired) electrons. The van der Waals surface area contributed by atoms with E-state index in [0.717, 1.165) is 77.8 Å². The first-order valence-corrected chi connectivity index (χ1v) is 10.8. The summed E-state index contributed by atoms with van der Waals surface area (Å²) < 4.78 is 11.3. The molecule has 2 N–H and O–H groups in total. The minimum Gasteiger partial charge on any atom is -0.379 e. The first kappa shape index (κ1) is 24.4. The van der Waals surface area contributed by atoms with Gasteiger partial charge in [-0.25, -0.2) is 0 Å². The maximum atomic E-state index is 5.69. The van der Waals surface area contributed by atoms with Crippen LogP contribution in [0.15, 0.2) is 29.3 Å². The van der Waals surface area contributed by atoms with Crippen molar-refractivity contribution in [3.8, 4) is 0 Å². The molecule has 0 aromatic heterocycles. The molecule has 0 aliphatic carbocycles. The SMILES string of the molecule is CN=C(NCCCOCC1CCCO1)NCCCN1CCc2ccccc2C1.I. The van der Waals surface area contributed by atoms with Gasteiger partial charge in [0.2, 0.25) is 0 Å². The number of ether oxygens (including phenoxy) is 2. The van der Waals surface area contributed by atoms with E-state index in [-0.39, 0.29) is 24.0 Å². The van der Waals surface area contributed by atoms with Crippen molar-refractivity contribution in [3.63, 3.8) is 0 Å². The fourth-order valence-electron chi connectivity index (χ4n) is 3.85. The average Bonchev–Trinajstić information content (AvgIpc) is 3.25. The molecule has 1 aromatic carbocycles. The topological polar surface area (TPSA) is 58.1 Å². The highest BCUT2D eigenvalue weighted by molar-refractivity contribution is 14.0. The van der Waals surface area contributed by atoms with E-state index in [9.17, 15) is 0 Å². The normalized spacial score (nSPS) is 19.5. The standard InChI is InChI=1S/C22H36N4O2.HI/c1-23-22(25-12-6-15-27-18-21-9-4-16-28-21)24-11-5-13-26-14-10-19-7-2-3-8-20(19)17-26;/h2-3,7-8,21H,4-6,9-18H2,1H3,(H2,23,24,25);1H. The highest BCUT2D eigenvalue weighted by atomic mass is 127. The quantitative estimate of drug-likeness (QED) is 0.217. The summed E-state index contributed by atoms with van der Waals surface area (Å²) in [5.41, 5.74) is 3.00. The van der Waals surface area contributed by atoms with Crippen molar-refractivity contribution in [2.75, 3.05) is 53.0 Å². The Balaban J connectivity index is 0.00000300. The van der Waals surface area contributed by atoms with Crippen LogP contribution in [0.1, 0.15) is 36.8 Å². The van der Waals surface area contributed by atoms with Crippen LogP contribution in [0.2, 0.25) is 0 Å². The van der Waals surface area contributed by atoms with E-state index in [0.29, 0.717) is 6.10 Å². The predicted octanol–water partition coefficient (Wildman–Crippen LogP) is 2.80. The molecule has 29 heavy (non-hydrogen) atoms. The van der Waals surface area contributed by atoms with Crippen molar-refractivity contribution < 1.29 is 9.47 Å². The summed E-state index contributed by atoms with van der Waals surface area (Å²) in [4.78, 5) is 6.85. The van der Waals surface area contributed by atoms with Gasteiger partial charge in [0.05, 0.1) is 12.7 Å². The molecule has 2 aliphatic heterocycles. The largest absolute Gasteiger partial charge is 0.379 e. The van der Waals surface area contributed by atoms with Crippen molar-refractivity contribution in [3.05, 3.63) is 35.4 Å². The summed E-state index contributed by atoms with van der Waals surface area (Å²) in [6.45, 7) is 7.55. The lowest BCUT2D eigenvalue weighted by atomic mass is 10.00. The molecule has 0 spiro atoms. The van der Waals surface area contributed by atoms with Crippen LogP contribution in [0.3, 0.4) is 0 Å². The Labute approximate surface area is 192 Å².